The van der Waals surface area contributed by atoms with Crippen molar-refractivity contribution < 1.29 is 4.79 Å². The highest BCUT2D eigenvalue weighted by Gasteiger charge is 2.07. The van der Waals surface area contributed by atoms with Gasteiger partial charge in [0.25, 0.3) is 5.91 Å². The number of halogens is 1. The molecule has 2 aromatic heterocycles. The molecule has 2 heterocycles. The van der Waals surface area contributed by atoms with E-state index in [9.17, 15) is 4.79 Å². The van der Waals surface area contributed by atoms with Crippen LogP contribution in [0.3, 0.4) is 0 Å². The minimum absolute atomic E-state index is 0. The number of hydrogen-bond donors (Lipinski definition) is 1. The third kappa shape index (κ3) is 5.37. The first-order valence-electron chi connectivity index (χ1n) is 7.67. The molecule has 1 N–H and O–H groups in total. The first kappa shape index (κ1) is 19.1. The molecule has 6 nitrogen and oxygen atoms in total. The van der Waals surface area contributed by atoms with Gasteiger partial charge in [-0.25, -0.2) is 4.98 Å². The van der Waals surface area contributed by atoms with E-state index in [2.05, 4.69) is 15.4 Å². The maximum absolute atomic E-state index is 12.3. The van der Waals surface area contributed by atoms with Crippen LogP contribution in [0, 0.1) is 0 Å². The lowest BCUT2D eigenvalue weighted by atomic mass is 10.1. The Morgan fingerprint density at radius 2 is 2.12 bits per heavy atom. The lowest BCUT2D eigenvalue weighted by molar-refractivity contribution is 0.0956. The van der Waals surface area contributed by atoms with Crippen LogP contribution < -0.4 is 5.32 Å². The van der Waals surface area contributed by atoms with Crippen LogP contribution in [0.4, 0.5) is 0 Å². The SMILES string of the molecule is Cl.Cn1ccnc1SCCNC(=O)c1cccc(Cn2cccn2)c1. The molecule has 8 heteroatoms. The maximum Gasteiger partial charge on any atom is 0.251 e. The van der Waals surface area contributed by atoms with E-state index in [4.69, 9.17) is 0 Å². The molecule has 0 saturated heterocycles. The molecule has 0 aliphatic heterocycles. The number of rotatable bonds is 7. The molecule has 0 aliphatic rings. The van der Waals surface area contributed by atoms with Crippen molar-refractivity contribution in [1.29, 1.82) is 0 Å². The van der Waals surface area contributed by atoms with E-state index >= 15 is 0 Å². The second-order valence-electron chi connectivity index (χ2n) is 5.33. The van der Waals surface area contributed by atoms with Gasteiger partial charge in [-0.15, -0.1) is 12.4 Å². The molecular weight excluding hydrogens is 358 g/mol. The molecule has 3 rings (SSSR count). The molecule has 0 radical (unpaired) electrons. The molecule has 0 unspecified atom stereocenters. The van der Waals surface area contributed by atoms with Crippen molar-refractivity contribution >= 4 is 30.1 Å². The molecule has 1 amide bonds. The van der Waals surface area contributed by atoms with Crippen LogP contribution in [0.15, 0.2) is 60.3 Å². The molecule has 0 atom stereocenters. The highest BCUT2D eigenvalue weighted by atomic mass is 35.5. The second kappa shape index (κ2) is 9.29. The van der Waals surface area contributed by atoms with Gasteiger partial charge in [-0.2, -0.15) is 5.10 Å². The molecule has 3 aromatic rings. The minimum Gasteiger partial charge on any atom is -0.351 e. The van der Waals surface area contributed by atoms with Crippen LogP contribution >= 0.6 is 24.2 Å². The van der Waals surface area contributed by atoms with Crippen molar-refractivity contribution in [1.82, 2.24) is 24.6 Å². The number of aromatic nitrogens is 4. The van der Waals surface area contributed by atoms with E-state index < -0.39 is 0 Å². The van der Waals surface area contributed by atoms with E-state index in [1.165, 1.54) is 0 Å². The number of aryl methyl sites for hydroxylation is 1. The van der Waals surface area contributed by atoms with Gasteiger partial charge in [0, 0.05) is 49.7 Å². The van der Waals surface area contributed by atoms with Crippen molar-refractivity contribution in [2.45, 2.75) is 11.7 Å². The van der Waals surface area contributed by atoms with Crippen LogP contribution in [-0.4, -0.2) is 37.5 Å². The predicted molar refractivity (Wildman–Crippen MR) is 101 cm³/mol. The van der Waals surface area contributed by atoms with Crippen molar-refractivity contribution in [3.63, 3.8) is 0 Å². The summed E-state index contributed by atoms with van der Waals surface area (Å²) >= 11 is 1.62. The number of imidazole rings is 1. The minimum atomic E-state index is -0.0576. The van der Waals surface area contributed by atoms with Gasteiger partial charge < -0.3 is 9.88 Å². The van der Waals surface area contributed by atoms with Gasteiger partial charge in [-0.1, -0.05) is 23.9 Å². The van der Waals surface area contributed by atoms with Crippen LogP contribution in [0.1, 0.15) is 15.9 Å². The normalized spacial score (nSPS) is 10.3. The highest BCUT2D eigenvalue weighted by molar-refractivity contribution is 7.99. The summed E-state index contributed by atoms with van der Waals surface area (Å²) in [4.78, 5) is 16.5. The van der Waals surface area contributed by atoms with E-state index in [1.54, 1.807) is 24.2 Å². The number of nitrogens with one attached hydrogen (secondary N) is 1. The number of nitrogens with zero attached hydrogens (tertiary/aromatic N) is 4. The zero-order chi connectivity index (χ0) is 16.8. The smallest absolute Gasteiger partial charge is 0.251 e. The highest BCUT2D eigenvalue weighted by Crippen LogP contribution is 2.13. The van der Waals surface area contributed by atoms with Gasteiger partial charge >= 0.3 is 0 Å². The van der Waals surface area contributed by atoms with Crippen molar-refractivity contribution in [2.75, 3.05) is 12.3 Å². The van der Waals surface area contributed by atoms with Gasteiger partial charge in [0.15, 0.2) is 5.16 Å². The third-order valence-corrected chi connectivity index (χ3v) is 4.55. The summed E-state index contributed by atoms with van der Waals surface area (Å²) in [6, 6.07) is 9.51. The maximum atomic E-state index is 12.3. The van der Waals surface area contributed by atoms with E-state index in [-0.39, 0.29) is 18.3 Å². The average molecular weight is 378 g/mol. The van der Waals surface area contributed by atoms with Crippen LogP contribution in [0.2, 0.25) is 0 Å². The first-order valence-corrected chi connectivity index (χ1v) is 8.65. The zero-order valence-electron chi connectivity index (χ0n) is 13.8. The molecule has 0 fully saturated rings. The quantitative estimate of drug-likeness (QED) is 0.507. The number of amides is 1. The Hall–Kier alpha value is -2.25. The lowest BCUT2D eigenvalue weighted by Crippen LogP contribution is -2.25. The molecule has 0 bridgehead atoms. The van der Waals surface area contributed by atoms with E-state index in [0.29, 0.717) is 18.7 Å². The summed E-state index contributed by atoms with van der Waals surface area (Å²) < 4.78 is 3.80. The Bertz CT molecular complexity index is 803. The zero-order valence-corrected chi connectivity index (χ0v) is 15.5. The largest absolute Gasteiger partial charge is 0.351 e. The molecule has 0 saturated carbocycles. The Labute approximate surface area is 157 Å². The Morgan fingerprint density at radius 3 is 2.84 bits per heavy atom. The molecule has 0 aliphatic carbocycles. The summed E-state index contributed by atoms with van der Waals surface area (Å²) in [5.74, 6) is 0.724. The van der Waals surface area contributed by atoms with Gasteiger partial charge in [0.1, 0.15) is 0 Å². The fraction of sp³-hybridized carbons (Fsp3) is 0.235. The van der Waals surface area contributed by atoms with Crippen LogP contribution in [-0.2, 0) is 13.6 Å². The number of carbonyl (C=O) groups is 1. The molecular formula is C17H20ClN5OS. The molecule has 0 spiro atoms. The van der Waals surface area contributed by atoms with Gasteiger partial charge in [0.05, 0.1) is 6.54 Å². The van der Waals surface area contributed by atoms with Crippen LogP contribution in [0.25, 0.3) is 0 Å². The van der Waals surface area contributed by atoms with Crippen molar-refractivity contribution in [2.24, 2.45) is 7.05 Å². The van der Waals surface area contributed by atoms with E-state index in [1.807, 2.05) is 59.0 Å². The third-order valence-electron chi connectivity index (χ3n) is 3.49. The summed E-state index contributed by atoms with van der Waals surface area (Å²) in [5.41, 5.74) is 1.72. The van der Waals surface area contributed by atoms with Gasteiger partial charge in [0.2, 0.25) is 0 Å². The Morgan fingerprint density at radius 1 is 1.24 bits per heavy atom. The fourth-order valence-corrected chi connectivity index (χ4v) is 3.08. The predicted octanol–water partition coefficient (Wildman–Crippen LogP) is 2.61. The number of carbonyl (C=O) groups excluding carboxylic acids is 1. The number of hydrogen-bond acceptors (Lipinski definition) is 4. The first-order chi connectivity index (χ1) is 11.7. The standard InChI is InChI=1S/C17H19N5OS.ClH/c1-21-10-7-19-17(21)24-11-8-18-16(23)15-5-2-4-14(12-15)13-22-9-3-6-20-22;/h2-7,9-10,12H,8,11,13H2,1H3,(H,18,23);1H. The topological polar surface area (TPSA) is 64.7 Å². The number of thioether (sulfide) groups is 1. The van der Waals surface area contributed by atoms with Crippen LogP contribution in [0.5, 0.6) is 0 Å². The summed E-state index contributed by atoms with van der Waals surface area (Å²) in [6.07, 6.45) is 7.33. The number of benzene rings is 1. The monoisotopic (exact) mass is 377 g/mol. The summed E-state index contributed by atoms with van der Waals surface area (Å²) in [7, 11) is 1.96. The Kier molecular flexibility index (Phi) is 7.09. The molecule has 25 heavy (non-hydrogen) atoms. The fourth-order valence-electron chi connectivity index (χ4n) is 2.29. The van der Waals surface area contributed by atoms with E-state index in [0.717, 1.165) is 16.5 Å². The van der Waals surface area contributed by atoms with Crippen molar-refractivity contribution in [3.05, 3.63) is 66.2 Å². The lowest BCUT2D eigenvalue weighted by Gasteiger charge is -2.07. The van der Waals surface area contributed by atoms with Gasteiger partial charge in [-0.3, -0.25) is 9.48 Å². The summed E-state index contributed by atoms with van der Waals surface area (Å²) in [6.45, 7) is 1.25. The molecule has 132 valence electrons. The molecule has 1 aromatic carbocycles. The van der Waals surface area contributed by atoms with Gasteiger partial charge in [-0.05, 0) is 23.8 Å². The summed E-state index contributed by atoms with van der Waals surface area (Å²) in [5, 5.41) is 8.08. The average Bonchev–Trinajstić information content (AvgIpc) is 3.24. The second-order valence-corrected chi connectivity index (χ2v) is 6.39. The Balaban J connectivity index is 0.00000225. The van der Waals surface area contributed by atoms with Crippen molar-refractivity contribution in [3.8, 4) is 0 Å².